The summed E-state index contributed by atoms with van der Waals surface area (Å²) < 4.78 is 5.19. The zero-order chi connectivity index (χ0) is 11.0. The molecule has 0 saturated heterocycles. The molecule has 0 radical (unpaired) electrons. The number of nitrogens with zero attached hydrogens (tertiary/aromatic N) is 2. The van der Waals surface area contributed by atoms with E-state index in [1.807, 2.05) is 36.4 Å². The molecule has 0 aliphatic heterocycles. The fraction of sp³-hybridized carbons (Fsp3) is 0. The number of nitrogen functional groups attached to an aromatic ring is 1. The van der Waals surface area contributed by atoms with Gasteiger partial charge in [-0.1, -0.05) is 30.3 Å². The predicted molar refractivity (Wildman–Crippen MR) is 61.7 cm³/mol. The predicted octanol–water partition coefficient (Wildman–Crippen LogP) is 2.47. The van der Waals surface area contributed by atoms with E-state index in [-0.39, 0.29) is 6.01 Å². The number of oxazole rings is 1. The maximum atomic E-state index is 5.52. The van der Waals surface area contributed by atoms with Gasteiger partial charge in [-0.2, -0.15) is 4.98 Å². The first kappa shape index (κ1) is 8.91. The lowest BCUT2D eigenvalue weighted by atomic mass is 10.1. The summed E-state index contributed by atoms with van der Waals surface area (Å²) in [5.74, 6) is 0. The number of pyridine rings is 1. The van der Waals surface area contributed by atoms with E-state index in [1.165, 1.54) is 0 Å². The third kappa shape index (κ3) is 1.32. The molecule has 0 aliphatic rings. The van der Waals surface area contributed by atoms with Crippen molar-refractivity contribution in [2.45, 2.75) is 0 Å². The second-order valence-corrected chi connectivity index (χ2v) is 3.43. The Labute approximate surface area is 91.7 Å². The molecule has 4 heteroatoms. The van der Waals surface area contributed by atoms with Gasteiger partial charge in [0.1, 0.15) is 5.52 Å². The molecule has 1 aromatic carbocycles. The van der Waals surface area contributed by atoms with E-state index in [4.69, 9.17) is 10.2 Å². The van der Waals surface area contributed by atoms with E-state index in [9.17, 15) is 0 Å². The van der Waals surface area contributed by atoms with Crippen molar-refractivity contribution in [1.82, 2.24) is 9.97 Å². The number of hydrogen-bond donors (Lipinski definition) is 1. The Morgan fingerprint density at radius 2 is 1.88 bits per heavy atom. The molecule has 0 saturated carbocycles. The Kier molecular flexibility index (Phi) is 1.86. The summed E-state index contributed by atoms with van der Waals surface area (Å²) in [6.45, 7) is 0. The fourth-order valence-electron chi connectivity index (χ4n) is 1.70. The van der Waals surface area contributed by atoms with Crippen LogP contribution in [-0.4, -0.2) is 9.97 Å². The van der Waals surface area contributed by atoms with Crippen LogP contribution in [0.5, 0.6) is 0 Å². The first-order valence-corrected chi connectivity index (χ1v) is 4.91. The quantitative estimate of drug-likeness (QED) is 0.671. The Balaban J connectivity index is 2.31. The normalized spacial score (nSPS) is 10.8. The zero-order valence-corrected chi connectivity index (χ0v) is 8.42. The van der Waals surface area contributed by atoms with Gasteiger partial charge in [0.25, 0.3) is 6.01 Å². The van der Waals surface area contributed by atoms with Crippen molar-refractivity contribution in [2.24, 2.45) is 0 Å². The summed E-state index contributed by atoms with van der Waals surface area (Å²) in [6.07, 6.45) is 1.69. The number of fused-ring (bicyclic) bond motifs is 1. The standard InChI is InChI=1S/C12H9N3O/c13-12-15-10-9(6-7-14-11(10)16-12)8-4-2-1-3-5-8/h1-7H,(H2,13,15). The number of hydrogen-bond acceptors (Lipinski definition) is 4. The van der Waals surface area contributed by atoms with Crippen LogP contribution in [0.15, 0.2) is 47.0 Å². The molecule has 16 heavy (non-hydrogen) atoms. The number of nitrogens with two attached hydrogens (primary N) is 1. The van der Waals surface area contributed by atoms with E-state index in [2.05, 4.69) is 9.97 Å². The van der Waals surface area contributed by atoms with Crippen LogP contribution < -0.4 is 5.73 Å². The molecule has 0 aliphatic carbocycles. The van der Waals surface area contributed by atoms with Gasteiger partial charge in [0.05, 0.1) is 0 Å². The van der Waals surface area contributed by atoms with E-state index in [1.54, 1.807) is 6.20 Å². The molecule has 3 aromatic rings. The van der Waals surface area contributed by atoms with Crippen LogP contribution in [0.1, 0.15) is 0 Å². The minimum Gasteiger partial charge on any atom is -0.405 e. The van der Waals surface area contributed by atoms with Crippen LogP contribution in [0.25, 0.3) is 22.4 Å². The minimum absolute atomic E-state index is 0.144. The summed E-state index contributed by atoms with van der Waals surface area (Å²) in [5, 5.41) is 0. The molecule has 0 spiro atoms. The lowest BCUT2D eigenvalue weighted by Crippen LogP contribution is -1.83. The van der Waals surface area contributed by atoms with E-state index < -0.39 is 0 Å². The summed E-state index contributed by atoms with van der Waals surface area (Å²) >= 11 is 0. The van der Waals surface area contributed by atoms with E-state index in [0.29, 0.717) is 11.2 Å². The third-order valence-corrected chi connectivity index (χ3v) is 2.40. The highest BCUT2D eigenvalue weighted by molar-refractivity contribution is 5.89. The van der Waals surface area contributed by atoms with Gasteiger partial charge in [0, 0.05) is 11.8 Å². The maximum Gasteiger partial charge on any atom is 0.294 e. The Bertz CT molecular complexity index is 631. The van der Waals surface area contributed by atoms with Gasteiger partial charge in [-0.25, -0.2) is 4.98 Å². The number of anilines is 1. The molecule has 0 bridgehead atoms. The third-order valence-electron chi connectivity index (χ3n) is 2.40. The Hall–Kier alpha value is -2.36. The molecule has 2 aromatic heterocycles. The summed E-state index contributed by atoms with van der Waals surface area (Å²) in [7, 11) is 0. The first-order chi connectivity index (χ1) is 7.84. The smallest absolute Gasteiger partial charge is 0.294 e. The van der Waals surface area contributed by atoms with Crippen LogP contribution in [0.2, 0.25) is 0 Å². The topological polar surface area (TPSA) is 64.9 Å². The second-order valence-electron chi connectivity index (χ2n) is 3.43. The molecule has 4 nitrogen and oxygen atoms in total. The average Bonchev–Trinajstić information content (AvgIpc) is 2.70. The molecule has 3 rings (SSSR count). The number of benzene rings is 1. The zero-order valence-electron chi connectivity index (χ0n) is 8.42. The van der Waals surface area contributed by atoms with Crippen LogP contribution in [0, 0.1) is 0 Å². The summed E-state index contributed by atoms with van der Waals surface area (Å²) in [5.41, 5.74) is 8.74. The van der Waals surface area contributed by atoms with Crippen LogP contribution in [0.4, 0.5) is 6.01 Å². The van der Waals surface area contributed by atoms with E-state index >= 15 is 0 Å². The van der Waals surface area contributed by atoms with Gasteiger partial charge in [-0.15, -0.1) is 0 Å². The number of aromatic nitrogens is 2. The van der Waals surface area contributed by atoms with Gasteiger partial charge in [-0.3, -0.25) is 0 Å². The Morgan fingerprint density at radius 1 is 1.06 bits per heavy atom. The van der Waals surface area contributed by atoms with Crippen molar-refractivity contribution in [2.75, 3.05) is 5.73 Å². The molecule has 0 fully saturated rings. The monoisotopic (exact) mass is 211 g/mol. The highest BCUT2D eigenvalue weighted by atomic mass is 16.4. The van der Waals surface area contributed by atoms with Gasteiger partial charge < -0.3 is 10.2 Å². The number of rotatable bonds is 1. The van der Waals surface area contributed by atoms with Crippen molar-refractivity contribution in [3.05, 3.63) is 42.6 Å². The van der Waals surface area contributed by atoms with Crippen LogP contribution in [0.3, 0.4) is 0 Å². The SMILES string of the molecule is Nc1nc2c(-c3ccccc3)ccnc2o1. The molecule has 0 unspecified atom stereocenters. The van der Waals surface area contributed by atoms with E-state index in [0.717, 1.165) is 11.1 Å². The second kappa shape index (κ2) is 3.34. The lowest BCUT2D eigenvalue weighted by molar-refractivity contribution is 0.614. The molecule has 0 amide bonds. The fourth-order valence-corrected chi connectivity index (χ4v) is 1.70. The van der Waals surface area contributed by atoms with Crippen molar-refractivity contribution < 1.29 is 4.42 Å². The maximum absolute atomic E-state index is 5.52. The molecular formula is C12H9N3O. The minimum atomic E-state index is 0.144. The molecule has 0 atom stereocenters. The molecule has 2 N–H and O–H groups in total. The van der Waals surface area contributed by atoms with Gasteiger partial charge in [0.2, 0.25) is 5.71 Å². The van der Waals surface area contributed by atoms with Crippen molar-refractivity contribution in [3.63, 3.8) is 0 Å². The molecule has 78 valence electrons. The highest BCUT2D eigenvalue weighted by Crippen LogP contribution is 2.27. The van der Waals surface area contributed by atoms with Crippen molar-refractivity contribution in [3.8, 4) is 11.1 Å². The van der Waals surface area contributed by atoms with Crippen LogP contribution in [-0.2, 0) is 0 Å². The first-order valence-electron chi connectivity index (χ1n) is 4.91. The van der Waals surface area contributed by atoms with Crippen molar-refractivity contribution >= 4 is 17.2 Å². The van der Waals surface area contributed by atoms with Gasteiger partial charge in [-0.05, 0) is 11.6 Å². The lowest BCUT2D eigenvalue weighted by Gasteiger charge is -1.99. The Morgan fingerprint density at radius 3 is 2.69 bits per heavy atom. The largest absolute Gasteiger partial charge is 0.405 e. The summed E-state index contributed by atoms with van der Waals surface area (Å²) in [4.78, 5) is 8.22. The average molecular weight is 211 g/mol. The molecular weight excluding hydrogens is 202 g/mol. The summed E-state index contributed by atoms with van der Waals surface area (Å²) in [6, 6.07) is 12.0. The van der Waals surface area contributed by atoms with Crippen molar-refractivity contribution in [1.29, 1.82) is 0 Å². The van der Waals surface area contributed by atoms with Gasteiger partial charge in [0.15, 0.2) is 0 Å². The van der Waals surface area contributed by atoms with Crippen LogP contribution >= 0.6 is 0 Å². The molecule has 2 heterocycles. The highest BCUT2D eigenvalue weighted by Gasteiger charge is 2.09. The van der Waals surface area contributed by atoms with Gasteiger partial charge >= 0.3 is 0 Å².